The van der Waals surface area contributed by atoms with Crippen LogP contribution >= 0.6 is 0 Å². The Kier molecular flexibility index (Phi) is 4.22. The molecule has 1 saturated heterocycles. The monoisotopic (exact) mass is 366 g/mol. The van der Waals surface area contributed by atoms with Gasteiger partial charge in [0.05, 0.1) is 18.1 Å². The molecule has 3 aromatic rings. The van der Waals surface area contributed by atoms with E-state index in [0.717, 1.165) is 12.2 Å². The number of H-pyrrole nitrogens is 1. The molecule has 7 nitrogen and oxygen atoms in total. The highest BCUT2D eigenvalue weighted by Gasteiger charge is 2.30. The van der Waals surface area contributed by atoms with Crippen LogP contribution in [0.3, 0.4) is 0 Å². The highest BCUT2D eigenvalue weighted by atomic mass is 16.5. The molecule has 1 amide bonds. The van der Waals surface area contributed by atoms with Gasteiger partial charge in [-0.1, -0.05) is 12.1 Å². The zero-order chi connectivity index (χ0) is 19.1. The van der Waals surface area contributed by atoms with Crippen molar-refractivity contribution in [2.45, 2.75) is 19.3 Å². The second-order valence-electron chi connectivity index (χ2n) is 7.02. The topological polar surface area (TPSA) is 80.2 Å². The van der Waals surface area contributed by atoms with Crippen LogP contribution in [0.2, 0.25) is 0 Å². The lowest BCUT2D eigenvalue weighted by atomic mass is 9.98. The highest BCUT2D eigenvalue weighted by Crippen LogP contribution is 2.30. The number of fused-ring (bicyclic) bond motifs is 1. The van der Waals surface area contributed by atoms with Gasteiger partial charge in [-0.2, -0.15) is 0 Å². The van der Waals surface area contributed by atoms with E-state index in [1.54, 1.807) is 24.9 Å². The van der Waals surface area contributed by atoms with Crippen LogP contribution in [0.5, 0.6) is 5.75 Å². The van der Waals surface area contributed by atoms with E-state index >= 15 is 0 Å². The van der Waals surface area contributed by atoms with E-state index in [4.69, 9.17) is 4.74 Å². The first-order valence-corrected chi connectivity index (χ1v) is 8.97. The first-order valence-electron chi connectivity index (χ1n) is 8.97. The predicted molar refractivity (Wildman–Crippen MR) is 102 cm³/mol. The average Bonchev–Trinajstić information content (AvgIpc) is 3.26. The molecule has 1 atom stereocenters. The Morgan fingerprint density at radius 1 is 1.30 bits per heavy atom. The zero-order valence-electron chi connectivity index (χ0n) is 15.7. The summed E-state index contributed by atoms with van der Waals surface area (Å²) in [5.41, 5.74) is 2.56. The molecule has 0 unspecified atom stereocenters. The Morgan fingerprint density at radius 3 is 2.74 bits per heavy atom. The van der Waals surface area contributed by atoms with Crippen molar-refractivity contribution < 1.29 is 9.53 Å². The standard InChI is InChI=1S/C20H22N4O3/c1-12-10-16(17-18(21-12)23(2)22-19(17)25)20(26)24-9-8-14(11-24)13-4-6-15(27-3)7-5-13/h4-7,10,14H,8-9,11H2,1-3H3,(H,22,25)/t14-/m1/s1. The molecule has 4 rings (SSSR count). The Bertz CT molecular complexity index is 1070. The number of nitrogens with one attached hydrogen (secondary N) is 1. The smallest absolute Gasteiger partial charge is 0.274 e. The summed E-state index contributed by atoms with van der Waals surface area (Å²) in [5.74, 6) is 0.994. The summed E-state index contributed by atoms with van der Waals surface area (Å²) in [6.07, 6.45) is 0.899. The van der Waals surface area contributed by atoms with Crippen LogP contribution in [-0.4, -0.2) is 45.8 Å². The number of nitrogens with zero attached hydrogens (tertiary/aromatic N) is 3. The van der Waals surface area contributed by atoms with Gasteiger partial charge in [0.2, 0.25) is 0 Å². The van der Waals surface area contributed by atoms with E-state index in [-0.39, 0.29) is 17.4 Å². The molecule has 1 aliphatic heterocycles. The molecule has 1 aromatic carbocycles. The molecular formula is C20H22N4O3. The molecule has 2 aromatic heterocycles. The number of hydrogen-bond acceptors (Lipinski definition) is 4. The van der Waals surface area contributed by atoms with Crippen LogP contribution in [0.1, 0.15) is 34.0 Å². The van der Waals surface area contributed by atoms with Gasteiger partial charge in [-0.25, -0.2) is 4.98 Å². The fraction of sp³-hybridized carbons (Fsp3) is 0.350. The van der Waals surface area contributed by atoms with Gasteiger partial charge in [0.1, 0.15) is 5.75 Å². The van der Waals surface area contributed by atoms with Crippen molar-refractivity contribution in [1.82, 2.24) is 19.7 Å². The molecule has 0 saturated carbocycles. The van der Waals surface area contributed by atoms with Crippen molar-refractivity contribution in [2.75, 3.05) is 20.2 Å². The molecule has 7 heteroatoms. The van der Waals surface area contributed by atoms with Gasteiger partial charge >= 0.3 is 0 Å². The number of aryl methyl sites for hydroxylation is 2. The number of aromatic amines is 1. The lowest BCUT2D eigenvalue weighted by molar-refractivity contribution is 0.0792. The van der Waals surface area contributed by atoms with E-state index in [9.17, 15) is 9.59 Å². The van der Waals surface area contributed by atoms with E-state index < -0.39 is 0 Å². The summed E-state index contributed by atoms with van der Waals surface area (Å²) in [7, 11) is 3.37. The number of benzene rings is 1. The van der Waals surface area contributed by atoms with Gasteiger partial charge in [-0.05, 0) is 37.1 Å². The van der Waals surface area contributed by atoms with Crippen molar-refractivity contribution in [3.8, 4) is 5.75 Å². The van der Waals surface area contributed by atoms with Gasteiger partial charge in [0.15, 0.2) is 5.65 Å². The molecule has 1 N–H and O–H groups in total. The third-order valence-corrected chi connectivity index (χ3v) is 5.24. The number of methoxy groups -OCH3 is 1. The van der Waals surface area contributed by atoms with Crippen molar-refractivity contribution in [2.24, 2.45) is 7.05 Å². The average molecular weight is 366 g/mol. The number of carbonyl (C=O) groups is 1. The van der Waals surface area contributed by atoms with Crippen LogP contribution in [0.15, 0.2) is 35.1 Å². The molecule has 0 aliphatic carbocycles. The molecule has 0 spiro atoms. The van der Waals surface area contributed by atoms with Gasteiger partial charge in [0, 0.05) is 31.7 Å². The number of hydrogen-bond donors (Lipinski definition) is 1. The first kappa shape index (κ1) is 17.3. The van der Waals surface area contributed by atoms with Crippen molar-refractivity contribution in [1.29, 1.82) is 0 Å². The van der Waals surface area contributed by atoms with Crippen LogP contribution in [0.25, 0.3) is 11.0 Å². The Labute approximate surface area is 156 Å². The molecular weight excluding hydrogens is 344 g/mol. The lowest BCUT2D eigenvalue weighted by Gasteiger charge is -2.17. The van der Waals surface area contributed by atoms with Crippen molar-refractivity contribution in [3.05, 3.63) is 57.5 Å². The number of rotatable bonds is 3. The summed E-state index contributed by atoms with van der Waals surface area (Å²) in [6.45, 7) is 3.14. The SMILES string of the molecule is COc1ccc([C@@H]2CCN(C(=O)c3cc(C)nc4c3c(=O)[nH]n4C)C2)cc1. The molecule has 27 heavy (non-hydrogen) atoms. The number of aromatic nitrogens is 3. The van der Waals surface area contributed by atoms with Crippen molar-refractivity contribution in [3.63, 3.8) is 0 Å². The number of likely N-dealkylation sites (tertiary alicyclic amines) is 1. The second-order valence-corrected chi connectivity index (χ2v) is 7.02. The minimum atomic E-state index is -0.283. The molecule has 0 radical (unpaired) electrons. The summed E-state index contributed by atoms with van der Waals surface area (Å²) >= 11 is 0. The minimum Gasteiger partial charge on any atom is -0.497 e. The van der Waals surface area contributed by atoms with E-state index in [1.807, 2.05) is 36.1 Å². The second kappa shape index (κ2) is 6.57. The Hall–Kier alpha value is -3.09. The highest BCUT2D eigenvalue weighted by molar-refractivity contribution is 6.05. The van der Waals surface area contributed by atoms with Gasteiger partial charge in [0.25, 0.3) is 11.5 Å². The Morgan fingerprint density at radius 2 is 2.04 bits per heavy atom. The van der Waals surface area contributed by atoms with Crippen LogP contribution in [0.4, 0.5) is 0 Å². The summed E-state index contributed by atoms with van der Waals surface area (Å²) in [6, 6.07) is 9.70. The summed E-state index contributed by atoms with van der Waals surface area (Å²) < 4.78 is 6.77. The summed E-state index contributed by atoms with van der Waals surface area (Å²) in [4.78, 5) is 31.7. The maximum absolute atomic E-state index is 13.2. The van der Waals surface area contributed by atoms with Crippen LogP contribution < -0.4 is 10.3 Å². The zero-order valence-corrected chi connectivity index (χ0v) is 15.7. The van der Waals surface area contributed by atoms with Crippen molar-refractivity contribution >= 4 is 16.9 Å². The first-order chi connectivity index (χ1) is 13.0. The quantitative estimate of drug-likeness (QED) is 0.771. The number of amides is 1. The predicted octanol–water partition coefficient (Wildman–Crippen LogP) is 2.21. The number of ether oxygens (including phenoxy) is 1. The Balaban J connectivity index is 1.62. The fourth-order valence-corrected chi connectivity index (χ4v) is 3.82. The largest absolute Gasteiger partial charge is 0.497 e. The van der Waals surface area contributed by atoms with Gasteiger partial charge in [-0.15, -0.1) is 0 Å². The molecule has 140 valence electrons. The third kappa shape index (κ3) is 2.99. The van der Waals surface area contributed by atoms with E-state index in [0.29, 0.717) is 35.4 Å². The third-order valence-electron chi connectivity index (χ3n) is 5.24. The maximum atomic E-state index is 13.2. The molecule has 3 heterocycles. The van der Waals surface area contributed by atoms with Gasteiger partial charge in [-0.3, -0.25) is 19.4 Å². The normalized spacial score (nSPS) is 16.9. The number of pyridine rings is 1. The van der Waals surface area contributed by atoms with E-state index in [2.05, 4.69) is 10.1 Å². The fourth-order valence-electron chi connectivity index (χ4n) is 3.82. The van der Waals surface area contributed by atoms with Gasteiger partial charge < -0.3 is 9.64 Å². The summed E-state index contributed by atoms with van der Waals surface area (Å²) in [5, 5.41) is 3.05. The molecule has 1 aliphatic rings. The lowest BCUT2D eigenvalue weighted by Crippen LogP contribution is -2.29. The van der Waals surface area contributed by atoms with Crippen LogP contribution in [0, 0.1) is 6.92 Å². The van der Waals surface area contributed by atoms with E-state index in [1.165, 1.54) is 5.56 Å². The van der Waals surface area contributed by atoms with Crippen LogP contribution in [-0.2, 0) is 7.05 Å². The minimum absolute atomic E-state index is 0.113. The molecule has 1 fully saturated rings. The maximum Gasteiger partial charge on any atom is 0.274 e. The molecule has 0 bridgehead atoms. The number of carbonyl (C=O) groups excluding carboxylic acids is 1.